The minimum Gasteiger partial charge on any atom is -0.463 e. The number of rotatable bonds is 3. The minimum atomic E-state index is -0.562. The maximum Gasteiger partial charge on any atom is 0.330 e. The molecule has 0 aliphatic rings. The van der Waals surface area contributed by atoms with Crippen molar-refractivity contribution in [3.8, 4) is 0 Å². The van der Waals surface area contributed by atoms with Gasteiger partial charge in [-0.25, -0.2) is 9.31 Å². The van der Waals surface area contributed by atoms with Crippen molar-refractivity contribution in [1.82, 2.24) is 9.03 Å². The summed E-state index contributed by atoms with van der Waals surface area (Å²) in [6.45, 7) is 5.26. The van der Waals surface area contributed by atoms with Gasteiger partial charge in [0.1, 0.15) is 5.02 Å². The predicted octanol–water partition coefficient (Wildman–Crippen LogP) is 1.04. The maximum atomic E-state index is 12.2. The number of fused-ring (bicyclic) bond motifs is 1. The normalized spacial score (nSPS) is 11.6. The summed E-state index contributed by atoms with van der Waals surface area (Å²) < 4.78 is 7.14. The van der Waals surface area contributed by atoms with E-state index in [9.17, 15) is 14.4 Å². The molecule has 0 N–H and O–H groups in total. The quantitative estimate of drug-likeness (QED) is 0.627. The second-order valence-corrected chi connectivity index (χ2v) is 4.60. The number of aromatic nitrogens is 2. The third-order valence-corrected chi connectivity index (χ3v) is 3.45. The molecule has 0 radical (unpaired) electrons. The van der Waals surface area contributed by atoms with Crippen LogP contribution >= 0.6 is 11.6 Å². The predicted molar refractivity (Wildman–Crippen MR) is 74.7 cm³/mol. The smallest absolute Gasteiger partial charge is 0.330 e. The summed E-state index contributed by atoms with van der Waals surface area (Å²) in [7, 11) is 0. The molecular formula is C13H13ClN2O4. The lowest BCUT2D eigenvalue weighted by molar-refractivity contribution is -0.137. The Morgan fingerprint density at radius 3 is 2.40 bits per heavy atom. The van der Waals surface area contributed by atoms with Gasteiger partial charge in [-0.1, -0.05) is 11.6 Å². The number of aryl methyl sites for hydroxylation is 2. The molecule has 2 aromatic rings. The van der Waals surface area contributed by atoms with E-state index in [4.69, 9.17) is 16.3 Å². The lowest BCUT2D eigenvalue weighted by Crippen LogP contribution is -2.22. The highest BCUT2D eigenvalue weighted by atomic mass is 35.5. The van der Waals surface area contributed by atoms with Crippen molar-refractivity contribution >= 4 is 23.6 Å². The fourth-order valence-electron chi connectivity index (χ4n) is 2.08. The van der Waals surface area contributed by atoms with E-state index in [0.29, 0.717) is 11.4 Å². The summed E-state index contributed by atoms with van der Waals surface area (Å²) in [4.78, 5) is 35.3. The fourth-order valence-corrected chi connectivity index (χ4v) is 2.24. The van der Waals surface area contributed by atoms with Crippen molar-refractivity contribution in [3.63, 3.8) is 0 Å². The Morgan fingerprint density at radius 2 is 1.85 bits per heavy atom. The lowest BCUT2D eigenvalue weighted by Gasteiger charge is -1.96. The van der Waals surface area contributed by atoms with Crippen LogP contribution in [-0.4, -0.2) is 21.6 Å². The molecular weight excluding hydrogens is 284 g/mol. The third kappa shape index (κ3) is 2.02. The first kappa shape index (κ1) is 14.3. The van der Waals surface area contributed by atoms with E-state index in [1.165, 1.54) is 10.6 Å². The number of nitrogens with zero attached hydrogens (tertiary/aromatic N) is 2. The Kier molecular flexibility index (Phi) is 3.67. The number of hydrogen-bond donors (Lipinski definition) is 0. The summed E-state index contributed by atoms with van der Waals surface area (Å²) in [5, 5.41) is 0.0196. The molecule has 2 rings (SSSR count). The summed E-state index contributed by atoms with van der Waals surface area (Å²) in [5.74, 6) is -0.542. The van der Waals surface area contributed by atoms with Crippen LogP contribution in [0.15, 0.2) is 15.7 Å². The van der Waals surface area contributed by atoms with Crippen LogP contribution in [0.25, 0.3) is 6.08 Å². The number of hydrogen-bond acceptors (Lipinski definition) is 4. The van der Waals surface area contributed by atoms with E-state index >= 15 is 0 Å². The Hall–Kier alpha value is -2.08. The van der Waals surface area contributed by atoms with Crippen molar-refractivity contribution in [2.75, 3.05) is 6.61 Å². The summed E-state index contributed by atoms with van der Waals surface area (Å²) in [5.41, 5.74) is 0.213. The number of carbonyl (C=O) groups excluding carboxylic acids is 1. The molecule has 7 heteroatoms. The Balaban J connectivity index is 2.63. The number of halogens is 1. The summed E-state index contributed by atoms with van der Waals surface area (Å²) in [6.07, 6.45) is 2.51. The van der Waals surface area contributed by atoms with E-state index in [-0.39, 0.29) is 17.2 Å². The van der Waals surface area contributed by atoms with E-state index in [2.05, 4.69) is 0 Å². The van der Waals surface area contributed by atoms with Gasteiger partial charge in [0.05, 0.1) is 23.6 Å². The standard InChI is InChI=1S/C13H13ClN2O4/c1-4-20-10(17)6-5-9-7(2)15-8(3)11(14)13(19)16(15)12(9)18/h5-6H,4H2,1-3H3/b6-5+. The van der Waals surface area contributed by atoms with Gasteiger partial charge < -0.3 is 4.74 Å². The number of carbonyl (C=O) groups is 1. The van der Waals surface area contributed by atoms with Gasteiger partial charge in [-0.3, -0.25) is 9.59 Å². The van der Waals surface area contributed by atoms with Gasteiger partial charge in [0.2, 0.25) is 0 Å². The molecule has 2 heterocycles. The molecule has 0 saturated heterocycles. The van der Waals surface area contributed by atoms with Crippen LogP contribution in [0, 0.1) is 13.8 Å². The van der Waals surface area contributed by atoms with E-state index in [0.717, 1.165) is 10.6 Å². The molecule has 20 heavy (non-hydrogen) atoms. The Bertz CT molecular complexity index is 816. The van der Waals surface area contributed by atoms with Crippen LogP contribution in [-0.2, 0) is 9.53 Å². The zero-order valence-corrected chi connectivity index (χ0v) is 12.0. The molecule has 0 spiro atoms. The van der Waals surface area contributed by atoms with Crippen molar-refractivity contribution < 1.29 is 9.53 Å². The topological polar surface area (TPSA) is 69.3 Å². The van der Waals surface area contributed by atoms with E-state index < -0.39 is 17.1 Å². The van der Waals surface area contributed by atoms with Gasteiger partial charge in [0.15, 0.2) is 0 Å². The van der Waals surface area contributed by atoms with E-state index in [1.54, 1.807) is 20.8 Å². The van der Waals surface area contributed by atoms with Gasteiger partial charge in [-0.2, -0.15) is 4.52 Å². The first-order valence-electron chi connectivity index (χ1n) is 6.01. The van der Waals surface area contributed by atoms with Crippen LogP contribution < -0.4 is 11.1 Å². The highest BCUT2D eigenvalue weighted by Gasteiger charge is 2.19. The minimum absolute atomic E-state index is 0.0196. The maximum absolute atomic E-state index is 12.2. The van der Waals surface area contributed by atoms with Crippen molar-refractivity contribution in [2.24, 2.45) is 0 Å². The number of ether oxygens (including phenoxy) is 1. The largest absolute Gasteiger partial charge is 0.463 e. The summed E-state index contributed by atoms with van der Waals surface area (Å²) >= 11 is 5.84. The SMILES string of the molecule is CCOC(=O)/C=C/c1c(C)n2c(C)c(Cl)c(=O)n2c1=O. The average molecular weight is 297 g/mol. The highest BCUT2D eigenvalue weighted by Crippen LogP contribution is 2.14. The van der Waals surface area contributed by atoms with Gasteiger partial charge in [-0.15, -0.1) is 0 Å². The first-order chi connectivity index (χ1) is 9.40. The molecule has 6 nitrogen and oxygen atoms in total. The molecule has 0 aromatic carbocycles. The van der Waals surface area contributed by atoms with Crippen LogP contribution in [0.2, 0.25) is 5.02 Å². The zero-order valence-electron chi connectivity index (χ0n) is 11.3. The monoisotopic (exact) mass is 296 g/mol. The second-order valence-electron chi connectivity index (χ2n) is 4.22. The fraction of sp³-hybridized carbons (Fsp3) is 0.308. The lowest BCUT2D eigenvalue weighted by atomic mass is 10.2. The van der Waals surface area contributed by atoms with Crippen molar-refractivity contribution in [3.05, 3.63) is 48.8 Å². The first-order valence-corrected chi connectivity index (χ1v) is 6.38. The molecule has 106 valence electrons. The Morgan fingerprint density at radius 1 is 1.20 bits per heavy atom. The highest BCUT2D eigenvalue weighted by molar-refractivity contribution is 6.31. The van der Waals surface area contributed by atoms with Crippen LogP contribution in [0.3, 0.4) is 0 Å². The van der Waals surface area contributed by atoms with Crippen molar-refractivity contribution in [1.29, 1.82) is 0 Å². The molecule has 0 aliphatic heterocycles. The second kappa shape index (κ2) is 5.13. The molecule has 0 bridgehead atoms. The molecule has 0 amide bonds. The van der Waals surface area contributed by atoms with Gasteiger partial charge in [0.25, 0.3) is 11.1 Å². The molecule has 2 aromatic heterocycles. The van der Waals surface area contributed by atoms with Crippen LogP contribution in [0.1, 0.15) is 23.9 Å². The molecule has 0 fully saturated rings. The van der Waals surface area contributed by atoms with Crippen molar-refractivity contribution in [2.45, 2.75) is 20.8 Å². The van der Waals surface area contributed by atoms with Gasteiger partial charge in [-0.05, 0) is 26.8 Å². The van der Waals surface area contributed by atoms with E-state index in [1.807, 2.05) is 0 Å². The zero-order chi connectivity index (χ0) is 15.0. The molecule has 0 atom stereocenters. The summed E-state index contributed by atoms with van der Waals surface area (Å²) in [6, 6.07) is 0. The average Bonchev–Trinajstić information content (AvgIpc) is 2.78. The third-order valence-electron chi connectivity index (χ3n) is 3.02. The van der Waals surface area contributed by atoms with Gasteiger partial charge >= 0.3 is 5.97 Å². The number of esters is 1. The molecule has 0 aliphatic carbocycles. The Labute approximate surface area is 119 Å². The molecule has 0 saturated carbocycles. The molecule has 0 unspecified atom stereocenters. The van der Waals surface area contributed by atoms with Crippen LogP contribution in [0.4, 0.5) is 0 Å². The van der Waals surface area contributed by atoms with Gasteiger partial charge in [0, 0.05) is 6.08 Å². The van der Waals surface area contributed by atoms with Crippen LogP contribution in [0.5, 0.6) is 0 Å².